The Balaban J connectivity index is 2.89. The zero-order valence-corrected chi connectivity index (χ0v) is 15.0. The third-order valence-electron chi connectivity index (χ3n) is 3.82. The van der Waals surface area contributed by atoms with Gasteiger partial charge in [0.2, 0.25) is 11.8 Å². The predicted molar refractivity (Wildman–Crippen MR) is 95.2 cm³/mol. The van der Waals surface area contributed by atoms with E-state index >= 15 is 0 Å². The van der Waals surface area contributed by atoms with E-state index in [4.69, 9.17) is 10.8 Å². The molecule has 11 nitrogen and oxygen atoms in total. The van der Waals surface area contributed by atoms with Crippen LogP contribution in [0.5, 0.6) is 5.75 Å². The molecule has 1 aromatic rings. The van der Waals surface area contributed by atoms with Crippen LogP contribution >= 0.6 is 0 Å². The number of benzene rings is 1. The Kier molecular flexibility index (Phi) is 8.35. The summed E-state index contributed by atoms with van der Waals surface area (Å²) in [7, 11) is 0. The normalized spacial score (nSPS) is 15.0. The lowest BCUT2D eigenvalue weighted by molar-refractivity contribution is -0.143. The van der Waals surface area contributed by atoms with Crippen molar-refractivity contribution in [1.82, 2.24) is 10.6 Å². The van der Waals surface area contributed by atoms with Crippen molar-refractivity contribution in [2.75, 3.05) is 0 Å². The number of carboxylic acids is 2. The summed E-state index contributed by atoms with van der Waals surface area (Å²) in [5.41, 5.74) is 5.95. The zero-order chi connectivity index (χ0) is 21.4. The summed E-state index contributed by atoms with van der Waals surface area (Å²) in [5, 5.41) is 41.1. The summed E-state index contributed by atoms with van der Waals surface area (Å²) in [5.74, 6) is -4.78. The largest absolute Gasteiger partial charge is 0.508 e. The molecule has 2 amide bonds. The monoisotopic (exact) mass is 397 g/mol. The second-order valence-corrected chi connectivity index (χ2v) is 6.20. The Labute approximate surface area is 160 Å². The van der Waals surface area contributed by atoms with E-state index in [-0.39, 0.29) is 12.2 Å². The van der Waals surface area contributed by atoms with Gasteiger partial charge in [-0.2, -0.15) is 0 Å². The van der Waals surface area contributed by atoms with Gasteiger partial charge in [0.25, 0.3) is 0 Å². The first-order valence-corrected chi connectivity index (χ1v) is 8.28. The van der Waals surface area contributed by atoms with E-state index in [1.807, 2.05) is 0 Å². The molecule has 0 heterocycles. The van der Waals surface area contributed by atoms with E-state index in [1.165, 1.54) is 31.2 Å². The molecule has 0 aliphatic rings. The summed E-state index contributed by atoms with van der Waals surface area (Å²) in [4.78, 5) is 46.7. The van der Waals surface area contributed by atoms with Crippen LogP contribution in [-0.4, -0.2) is 68.4 Å². The van der Waals surface area contributed by atoms with E-state index in [9.17, 15) is 34.5 Å². The van der Waals surface area contributed by atoms with Gasteiger partial charge in [-0.25, -0.2) is 4.79 Å². The number of carbonyl (C=O) groups excluding carboxylic acids is 2. The number of nitrogens with two attached hydrogens (primary N) is 1. The topological polar surface area (TPSA) is 199 Å². The molecule has 1 unspecified atom stereocenters. The summed E-state index contributed by atoms with van der Waals surface area (Å²) < 4.78 is 0. The lowest BCUT2D eigenvalue weighted by Gasteiger charge is -2.22. The van der Waals surface area contributed by atoms with Gasteiger partial charge in [-0.3, -0.25) is 14.4 Å². The lowest BCUT2D eigenvalue weighted by atomic mass is 10.0. The van der Waals surface area contributed by atoms with Crippen LogP contribution in [0.1, 0.15) is 18.9 Å². The number of nitrogens with one attached hydrogen (secondary N) is 2. The average Bonchev–Trinajstić information content (AvgIpc) is 2.60. The minimum atomic E-state index is -1.59. The fourth-order valence-corrected chi connectivity index (χ4v) is 2.21. The Bertz CT molecular complexity index is 720. The molecule has 1 aromatic carbocycles. The molecule has 1 rings (SSSR count). The fourth-order valence-electron chi connectivity index (χ4n) is 2.21. The van der Waals surface area contributed by atoms with Crippen molar-refractivity contribution in [3.63, 3.8) is 0 Å². The fraction of sp³-hybridized carbons (Fsp3) is 0.412. The van der Waals surface area contributed by atoms with Crippen LogP contribution < -0.4 is 16.4 Å². The number of aliphatic hydroxyl groups excluding tert-OH is 1. The van der Waals surface area contributed by atoms with Crippen LogP contribution in [0.2, 0.25) is 0 Å². The molecule has 0 saturated heterocycles. The molecule has 28 heavy (non-hydrogen) atoms. The molecule has 0 aliphatic carbocycles. The first-order valence-electron chi connectivity index (χ1n) is 8.28. The number of aliphatic hydroxyl groups is 1. The van der Waals surface area contributed by atoms with Crippen LogP contribution in [-0.2, 0) is 25.6 Å². The highest BCUT2D eigenvalue weighted by molar-refractivity contribution is 5.94. The lowest BCUT2D eigenvalue weighted by Crippen LogP contribution is -2.57. The third-order valence-corrected chi connectivity index (χ3v) is 3.82. The van der Waals surface area contributed by atoms with E-state index in [0.29, 0.717) is 5.56 Å². The quantitative estimate of drug-likeness (QED) is 0.237. The number of aromatic hydroxyl groups is 1. The van der Waals surface area contributed by atoms with Gasteiger partial charge in [-0.1, -0.05) is 12.1 Å². The average molecular weight is 397 g/mol. The summed E-state index contributed by atoms with van der Waals surface area (Å²) in [6.45, 7) is 1.24. The summed E-state index contributed by atoms with van der Waals surface area (Å²) in [6, 6.07) is 1.25. The first kappa shape index (κ1) is 22.9. The number of hydrogen-bond donors (Lipinski definition) is 7. The van der Waals surface area contributed by atoms with Gasteiger partial charge in [0, 0.05) is 6.42 Å². The Hall–Kier alpha value is -3.18. The molecule has 0 aliphatic heterocycles. The van der Waals surface area contributed by atoms with Gasteiger partial charge >= 0.3 is 11.9 Å². The van der Waals surface area contributed by atoms with E-state index in [0.717, 1.165) is 0 Å². The van der Waals surface area contributed by atoms with Crippen LogP contribution in [0.15, 0.2) is 24.3 Å². The van der Waals surface area contributed by atoms with E-state index in [2.05, 4.69) is 10.6 Å². The second-order valence-electron chi connectivity index (χ2n) is 6.20. The van der Waals surface area contributed by atoms with Gasteiger partial charge in [0.05, 0.1) is 12.5 Å². The molecule has 0 saturated carbocycles. The van der Waals surface area contributed by atoms with Crippen LogP contribution in [0, 0.1) is 0 Å². The number of amides is 2. The van der Waals surface area contributed by atoms with E-state index < -0.39 is 54.4 Å². The number of hydrogen-bond acceptors (Lipinski definition) is 7. The van der Waals surface area contributed by atoms with Gasteiger partial charge in [0.15, 0.2) is 0 Å². The van der Waals surface area contributed by atoms with Crippen molar-refractivity contribution < 1.29 is 39.6 Å². The number of carbonyl (C=O) groups is 4. The highest BCUT2D eigenvalue weighted by Crippen LogP contribution is 2.11. The van der Waals surface area contributed by atoms with Gasteiger partial charge in [-0.05, 0) is 24.6 Å². The molecule has 0 aromatic heterocycles. The second kappa shape index (κ2) is 10.2. The maximum Gasteiger partial charge on any atom is 0.326 e. The standard InChI is InChI=1S/C17H23N3O8/c1-8(21)14(18)16(26)19-11(7-13(23)24)15(25)20-12(17(27)28)6-9-2-4-10(22)5-3-9/h2-5,8,11-12,14,21-22H,6-7,18H2,1H3,(H,19,26)(H,20,25)(H,23,24)(H,27,28)/t8-,11+,12+,14?/m1/s1. The Morgan fingerprint density at radius 1 is 1.00 bits per heavy atom. The third kappa shape index (κ3) is 7.21. The van der Waals surface area contributed by atoms with Crippen molar-refractivity contribution in [1.29, 1.82) is 0 Å². The van der Waals surface area contributed by atoms with Gasteiger partial charge in [-0.15, -0.1) is 0 Å². The minimum Gasteiger partial charge on any atom is -0.508 e. The van der Waals surface area contributed by atoms with Crippen molar-refractivity contribution in [2.24, 2.45) is 5.73 Å². The highest BCUT2D eigenvalue weighted by atomic mass is 16.4. The molecule has 154 valence electrons. The highest BCUT2D eigenvalue weighted by Gasteiger charge is 2.30. The maximum atomic E-state index is 12.4. The molecule has 0 spiro atoms. The van der Waals surface area contributed by atoms with Crippen molar-refractivity contribution in [3.8, 4) is 5.75 Å². The van der Waals surface area contributed by atoms with Crippen molar-refractivity contribution >= 4 is 23.8 Å². The summed E-state index contributed by atoms with van der Waals surface area (Å²) >= 11 is 0. The number of aliphatic carboxylic acids is 2. The van der Waals surface area contributed by atoms with Crippen LogP contribution in [0.4, 0.5) is 0 Å². The number of carboxylic acid groups (broad SMARTS) is 2. The van der Waals surface area contributed by atoms with Gasteiger partial charge in [0.1, 0.15) is 23.9 Å². The SMILES string of the molecule is C[C@@H](O)C(N)C(=O)N[C@@H](CC(=O)O)C(=O)N[C@@H](Cc1ccc(O)cc1)C(=O)O. The molecular weight excluding hydrogens is 374 g/mol. The van der Waals surface area contributed by atoms with E-state index in [1.54, 1.807) is 0 Å². The molecule has 4 atom stereocenters. The maximum absolute atomic E-state index is 12.4. The molecule has 0 radical (unpaired) electrons. The molecule has 0 fully saturated rings. The number of rotatable bonds is 10. The molecular formula is C17H23N3O8. The molecule has 11 heteroatoms. The molecule has 0 bridgehead atoms. The van der Waals surface area contributed by atoms with Crippen molar-refractivity contribution in [2.45, 2.75) is 44.0 Å². The number of phenolic OH excluding ortho intramolecular Hbond substituents is 1. The minimum absolute atomic E-state index is 0.0154. The van der Waals surface area contributed by atoms with Crippen LogP contribution in [0.25, 0.3) is 0 Å². The smallest absolute Gasteiger partial charge is 0.326 e. The van der Waals surface area contributed by atoms with Crippen molar-refractivity contribution in [3.05, 3.63) is 29.8 Å². The zero-order valence-electron chi connectivity index (χ0n) is 15.0. The van der Waals surface area contributed by atoms with Gasteiger partial charge < -0.3 is 36.8 Å². The first-order chi connectivity index (χ1) is 13.0. The predicted octanol–water partition coefficient (Wildman–Crippen LogP) is -1.83. The molecule has 8 N–H and O–H groups in total. The Morgan fingerprint density at radius 3 is 2.00 bits per heavy atom. The Morgan fingerprint density at radius 2 is 1.54 bits per heavy atom. The number of phenols is 1. The van der Waals surface area contributed by atoms with Crippen LogP contribution in [0.3, 0.4) is 0 Å². The summed E-state index contributed by atoms with van der Waals surface area (Å²) in [6.07, 6.45) is -2.19.